The zero-order chi connectivity index (χ0) is 11.8. The van der Waals surface area contributed by atoms with Crippen molar-refractivity contribution in [3.63, 3.8) is 0 Å². The number of rotatable bonds is 6. The molecule has 0 fully saturated rings. The number of nitrogens with zero attached hydrogens (tertiary/aromatic N) is 2. The van der Waals surface area contributed by atoms with Crippen LogP contribution >= 0.6 is 0 Å². The fourth-order valence-electron chi connectivity index (χ4n) is 1.66. The van der Waals surface area contributed by atoms with Crippen molar-refractivity contribution in [2.75, 3.05) is 26.7 Å². The van der Waals surface area contributed by atoms with Crippen LogP contribution in [0.15, 0.2) is 0 Å². The molecule has 0 aromatic carbocycles. The Morgan fingerprint density at radius 3 is 2.13 bits per heavy atom. The van der Waals surface area contributed by atoms with Crippen molar-refractivity contribution < 1.29 is 4.79 Å². The van der Waals surface area contributed by atoms with Crippen molar-refractivity contribution in [2.24, 2.45) is 5.73 Å². The summed E-state index contributed by atoms with van der Waals surface area (Å²) in [5, 5.41) is 0. The van der Waals surface area contributed by atoms with Gasteiger partial charge in [-0.25, -0.2) is 4.79 Å². The van der Waals surface area contributed by atoms with Crippen LogP contribution < -0.4 is 5.73 Å². The highest BCUT2D eigenvalue weighted by Gasteiger charge is 2.22. The molecule has 0 unspecified atom stereocenters. The minimum Gasteiger partial charge on any atom is -0.329 e. The zero-order valence-corrected chi connectivity index (χ0v) is 10.5. The third kappa shape index (κ3) is 4.08. The molecule has 0 saturated carbocycles. The predicted molar refractivity (Wildman–Crippen MR) is 63.8 cm³/mol. The van der Waals surface area contributed by atoms with E-state index in [9.17, 15) is 4.79 Å². The Morgan fingerprint density at radius 1 is 1.27 bits per heavy atom. The fraction of sp³-hybridized carbons (Fsp3) is 0.909. The molecule has 0 atom stereocenters. The lowest BCUT2D eigenvalue weighted by molar-refractivity contribution is 0.141. The topological polar surface area (TPSA) is 49.6 Å². The van der Waals surface area contributed by atoms with Crippen LogP contribution in [0.5, 0.6) is 0 Å². The van der Waals surface area contributed by atoms with Crippen LogP contribution in [-0.2, 0) is 0 Å². The van der Waals surface area contributed by atoms with Crippen LogP contribution in [0.25, 0.3) is 0 Å². The highest BCUT2D eigenvalue weighted by molar-refractivity contribution is 5.74. The Bertz CT molecular complexity index is 181. The van der Waals surface area contributed by atoms with E-state index in [1.807, 2.05) is 18.9 Å². The monoisotopic (exact) mass is 215 g/mol. The molecule has 4 nitrogen and oxygen atoms in total. The molecule has 0 aliphatic carbocycles. The van der Waals surface area contributed by atoms with Gasteiger partial charge in [0, 0.05) is 32.7 Å². The summed E-state index contributed by atoms with van der Waals surface area (Å²) in [5.41, 5.74) is 5.54. The van der Waals surface area contributed by atoms with Crippen LogP contribution in [0.3, 0.4) is 0 Å². The van der Waals surface area contributed by atoms with Gasteiger partial charge in [-0.1, -0.05) is 13.8 Å². The molecule has 0 aromatic rings. The molecule has 2 N–H and O–H groups in total. The fourth-order valence-corrected chi connectivity index (χ4v) is 1.66. The quantitative estimate of drug-likeness (QED) is 0.730. The SMILES string of the molecule is CCC(CC)N(CCN)C(=O)N(C)CC. The lowest BCUT2D eigenvalue weighted by Gasteiger charge is -2.33. The first-order valence-corrected chi connectivity index (χ1v) is 5.84. The summed E-state index contributed by atoms with van der Waals surface area (Å²) in [6.45, 7) is 8.11. The first-order chi connectivity index (χ1) is 7.12. The molecular formula is C11H25N3O. The smallest absolute Gasteiger partial charge is 0.320 e. The van der Waals surface area contributed by atoms with Gasteiger partial charge < -0.3 is 15.5 Å². The number of carbonyl (C=O) groups excluding carboxylic acids is 1. The van der Waals surface area contributed by atoms with Gasteiger partial charge in [0.05, 0.1) is 0 Å². The van der Waals surface area contributed by atoms with E-state index in [-0.39, 0.29) is 6.03 Å². The van der Waals surface area contributed by atoms with E-state index in [4.69, 9.17) is 5.73 Å². The van der Waals surface area contributed by atoms with E-state index in [1.165, 1.54) is 0 Å². The van der Waals surface area contributed by atoms with Gasteiger partial charge in [-0.15, -0.1) is 0 Å². The lowest BCUT2D eigenvalue weighted by Crippen LogP contribution is -2.48. The first-order valence-electron chi connectivity index (χ1n) is 5.84. The third-order valence-corrected chi connectivity index (χ3v) is 2.80. The molecule has 2 amide bonds. The van der Waals surface area contributed by atoms with E-state index in [0.29, 0.717) is 19.1 Å². The average molecular weight is 215 g/mol. The van der Waals surface area contributed by atoms with Gasteiger partial charge in [-0.05, 0) is 19.8 Å². The summed E-state index contributed by atoms with van der Waals surface area (Å²) in [6.07, 6.45) is 1.97. The van der Waals surface area contributed by atoms with Gasteiger partial charge in [0.15, 0.2) is 0 Å². The number of amides is 2. The molecule has 4 heteroatoms. The van der Waals surface area contributed by atoms with Crippen molar-refractivity contribution in [3.8, 4) is 0 Å². The van der Waals surface area contributed by atoms with Crippen molar-refractivity contribution in [1.29, 1.82) is 0 Å². The van der Waals surface area contributed by atoms with Gasteiger partial charge in [-0.2, -0.15) is 0 Å². The normalized spacial score (nSPS) is 10.5. The molecule has 0 spiro atoms. The molecule has 0 aliphatic rings. The number of nitrogens with two attached hydrogens (primary N) is 1. The van der Waals surface area contributed by atoms with Crippen LogP contribution in [0.4, 0.5) is 4.79 Å². The molecule has 0 rings (SSSR count). The second-order valence-corrected chi connectivity index (χ2v) is 3.75. The van der Waals surface area contributed by atoms with Crippen LogP contribution in [0.2, 0.25) is 0 Å². The van der Waals surface area contributed by atoms with Gasteiger partial charge in [0.1, 0.15) is 0 Å². The van der Waals surface area contributed by atoms with Gasteiger partial charge in [0.25, 0.3) is 0 Å². The standard InChI is InChI=1S/C11H25N3O/c1-5-10(6-2)14(9-8-12)11(15)13(4)7-3/h10H,5-9,12H2,1-4H3. The molecule has 0 aromatic heterocycles. The maximum Gasteiger partial charge on any atom is 0.320 e. The Balaban J connectivity index is 4.55. The minimum atomic E-state index is 0.0941. The van der Waals surface area contributed by atoms with Gasteiger partial charge >= 0.3 is 6.03 Å². The van der Waals surface area contributed by atoms with Crippen molar-refractivity contribution in [2.45, 2.75) is 39.7 Å². The van der Waals surface area contributed by atoms with Gasteiger partial charge in [0.2, 0.25) is 0 Å². The Labute approximate surface area is 93.4 Å². The molecule has 15 heavy (non-hydrogen) atoms. The van der Waals surface area contributed by atoms with Crippen molar-refractivity contribution in [3.05, 3.63) is 0 Å². The van der Waals surface area contributed by atoms with E-state index in [0.717, 1.165) is 19.4 Å². The first kappa shape index (κ1) is 14.2. The van der Waals surface area contributed by atoms with Crippen molar-refractivity contribution in [1.82, 2.24) is 9.80 Å². The minimum absolute atomic E-state index is 0.0941. The molecular weight excluding hydrogens is 190 g/mol. The van der Waals surface area contributed by atoms with Gasteiger partial charge in [-0.3, -0.25) is 0 Å². The predicted octanol–water partition coefficient (Wildman–Crippen LogP) is 1.51. The Hall–Kier alpha value is -0.770. The summed E-state index contributed by atoms with van der Waals surface area (Å²) >= 11 is 0. The summed E-state index contributed by atoms with van der Waals surface area (Å²) in [6, 6.07) is 0.409. The van der Waals surface area contributed by atoms with Crippen LogP contribution in [-0.4, -0.2) is 48.6 Å². The lowest BCUT2D eigenvalue weighted by atomic mass is 10.1. The highest BCUT2D eigenvalue weighted by atomic mass is 16.2. The molecule has 0 radical (unpaired) electrons. The maximum atomic E-state index is 12.0. The summed E-state index contributed by atoms with van der Waals surface area (Å²) in [5.74, 6) is 0. The maximum absolute atomic E-state index is 12.0. The second kappa shape index (κ2) is 7.51. The van der Waals surface area contributed by atoms with E-state index in [2.05, 4.69) is 13.8 Å². The number of carbonyl (C=O) groups is 1. The Kier molecular flexibility index (Phi) is 7.13. The largest absolute Gasteiger partial charge is 0.329 e. The molecule has 0 heterocycles. The molecule has 0 bridgehead atoms. The van der Waals surface area contributed by atoms with Crippen LogP contribution in [0, 0.1) is 0 Å². The van der Waals surface area contributed by atoms with Crippen molar-refractivity contribution >= 4 is 6.03 Å². The van der Waals surface area contributed by atoms with Crippen LogP contribution in [0.1, 0.15) is 33.6 Å². The zero-order valence-electron chi connectivity index (χ0n) is 10.5. The molecule has 0 saturated heterocycles. The number of hydrogen-bond donors (Lipinski definition) is 1. The second-order valence-electron chi connectivity index (χ2n) is 3.75. The Morgan fingerprint density at radius 2 is 1.80 bits per heavy atom. The highest BCUT2D eigenvalue weighted by Crippen LogP contribution is 2.10. The number of urea groups is 1. The van der Waals surface area contributed by atoms with E-state index >= 15 is 0 Å². The average Bonchev–Trinajstić information content (AvgIpc) is 2.27. The third-order valence-electron chi connectivity index (χ3n) is 2.80. The summed E-state index contributed by atoms with van der Waals surface area (Å²) in [4.78, 5) is 15.6. The van der Waals surface area contributed by atoms with E-state index < -0.39 is 0 Å². The summed E-state index contributed by atoms with van der Waals surface area (Å²) < 4.78 is 0. The van der Waals surface area contributed by atoms with E-state index in [1.54, 1.807) is 4.90 Å². The molecule has 90 valence electrons. The number of hydrogen-bond acceptors (Lipinski definition) is 2. The summed E-state index contributed by atoms with van der Waals surface area (Å²) in [7, 11) is 1.83. The molecule has 0 aliphatic heterocycles.